The number of rotatable bonds is 5. The summed E-state index contributed by atoms with van der Waals surface area (Å²) in [5.41, 5.74) is 1.93. The van der Waals surface area contributed by atoms with E-state index in [0.29, 0.717) is 0 Å². The molecule has 0 radical (unpaired) electrons. The smallest absolute Gasteiger partial charge is 0.158 e. The second-order valence-electron chi connectivity index (χ2n) is 5.35. The van der Waals surface area contributed by atoms with E-state index in [1.165, 1.54) is 0 Å². The molecule has 5 nitrogen and oxygen atoms in total. The van der Waals surface area contributed by atoms with Crippen molar-refractivity contribution in [2.45, 2.75) is 12.6 Å². The molecule has 3 aromatic heterocycles. The molecule has 3 rings (SSSR count). The van der Waals surface area contributed by atoms with Crippen LogP contribution in [-0.4, -0.2) is 38.5 Å². The molecule has 0 aliphatic carbocycles. The fraction of sp³-hybridized carbons (Fsp3) is 0.235. The minimum atomic E-state index is 0.179. The van der Waals surface area contributed by atoms with E-state index >= 15 is 0 Å². The lowest BCUT2D eigenvalue weighted by Gasteiger charge is -2.24. The lowest BCUT2D eigenvalue weighted by molar-refractivity contribution is 0.264. The molecule has 3 aromatic rings. The number of imidazole rings is 1. The van der Waals surface area contributed by atoms with Crippen LogP contribution in [0.15, 0.2) is 61.2 Å². The highest BCUT2D eigenvalue weighted by atomic mass is 15.2. The first-order valence-corrected chi connectivity index (χ1v) is 7.25. The first-order chi connectivity index (χ1) is 10.8. The second kappa shape index (κ2) is 6.49. The molecule has 0 saturated carbocycles. The minimum absolute atomic E-state index is 0.179. The van der Waals surface area contributed by atoms with Gasteiger partial charge >= 0.3 is 0 Å². The maximum Gasteiger partial charge on any atom is 0.158 e. The van der Waals surface area contributed by atoms with Gasteiger partial charge in [-0.05, 0) is 38.4 Å². The zero-order chi connectivity index (χ0) is 15.4. The lowest BCUT2D eigenvalue weighted by Crippen LogP contribution is -2.25. The maximum absolute atomic E-state index is 4.49. The number of hydrogen-bond donors (Lipinski definition) is 0. The van der Waals surface area contributed by atoms with Gasteiger partial charge in [-0.3, -0.25) is 14.9 Å². The fourth-order valence-electron chi connectivity index (χ4n) is 2.47. The highest BCUT2D eigenvalue weighted by molar-refractivity contribution is 5.49. The Morgan fingerprint density at radius 1 is 0.955 bits per heavy atom. The molecule has 3 heterocycles. The maximum atomic E-state index is 4.49. The summed E-state index contributed by atoms with van der Waals surface area (Å²) >= 11 is 0. The third-order valence-corrected chi connectivity index (χ3v) is 3.63. The van der Waals surface area contributed by atoms with E-state index in [1.54, 1.807) is 6.20 Å². The number of aromatic nitrogens is 4. The Hall–Kier alpha value is -2.53. The van der Waals surface area contributed by atoms with Crippen LogP contribution in [0, 0.1) is 0 Å². The Balaban J connectivity index is 1.91. The molecule has 1 atom stereocenters. The van der Waals surface area contributed by atoms with Crippen LogP contribution in [0.1, 0.15) is 11.7 Å². The van der Waals surface area contributed by atoms with Crippen LogP contribution in [0.2, 0.25) is 0 Å². The van der Waals surface area contributed by atoms with Gasteiger partial charge in [0.05, 0.1) is 11.7 Å². The predicted octanol–water partition coefficient (Wildman–Crippen LogP) is 2.64. The molecule has 0 spiro atoms. The average molecular weight is 293 g/mol. The van der Waals surface area contributed by atoms with E-state index in [-0.39, 0.29) is 6.04 Å². The Morgan fingerprint density at radius 3 is 2.36 bits per heavy atom. The number of hydrogen-bond acceptors (Lipinski definition) is 4. The normalized spacial score (nSPS) is 12.5. The van der Waals surface area contributed by atoms with Gasteiger partial charge in [0.15, 0.2) is 5.82 Å². The predicted molar refractivity (Wildman–Crippen MR) is 86.1 cm³/mol. The van der Waals surface area contributed by atoms with Crippen molar-refractivity contribution in [3.63, 3.8) is 0 Å². The largest absolute Gasteiger partial charge is 0.328 e. The molecule has 0 aromatic carbocycles. The quantitative estimate of drug-likeness (QED) is 0.725. The van der Waals surface area contributed by atoms with Gasteiger partial charge in [-0.1, -0.05) is 12.1 Å². The van der Waals surface area contributed by atoms with E-state index in [2.05, 4.69) is 44.6 Å². The zero-order valence-electron chi connectivity index (χ0n) is 12.8. The van der Waals surface area contributed by atoms with Gasteiger partial charge in [0, 0.05) is 31.3 Å². The van der Waals surface area contributed by atoms with E-state index in [1.807, 2.05) is 48.9 Å². The third-order valence-electron chi connectivity index (χ3n) is 3.63. The minimum Gasteiger partial charge on any atom is -0.328 e. The van der Waals surface area contributed by atoms with E-state index in [9.17, 15) is 0 Å². The Labute approximate surface area is 130 Å². The van der Waals surface area contributed by atoms with Gasteiger partial charge in [-0.15, -0.1) is 0 Å². The molecule has 0 fully saturated rings. The van der Waals surface area contributed by atoms with Crippen molar-refractivity contribution in [2.24, 2.45) is 0 Å². The van der Waals surface area contributed by atoms with Crippen molar-refractivity contribution in [1.82, 2.24) is 24.4 Å². The molecule has 0 aliphatic rings. The van der Waals surface area contributed by atoms with Crippen LogP contribution in [-0.2, 0) is 6.54 Å². The summed E-state index contributed by atoms with van der Waals surface area (Å²) in [7, 11) is 4.13. The highest BCUT2D eigenvalue weighted by Gasteiger charge is 2.18. The molecule has 22 heavy (non-hydrogen) atoms. The zero-order valence-corrected chi connectivity index (χ0v) is 12.8. The van der Waals surface area contributed by atoms with Crippen molar-refractivity contribution < 1.29 is 0 Å². The van der Waals surface area contributed by atoms with E-state index in [0.717, 1.165) is 23.8 Å². The second-order valence-corrected chi connectivity index (χ2v) is 5.35. The third kappa shape index (κ3) is 3.04. The van der Waals surface area contributed by atoms with Crippen molar-refractivity contribution in [2.75, 3.05) is 14.1 Å². The van der Waals surface area contributed by atoms with Crippen LogP contribution in [0.3, 0.4) is 0 Å². The topological polar surface area (TPSA) is 46.8 Å². The highest BCUT2D eigenvalue weighted by Crippen LogP contribution is 2.21. The molecular weight excluding hydrogens is 274 g/mol. The first-order valence-electron chi connectivity index (χ1n) is 7.25. The van der Waals surface area contributed by atoms with Gasteiger partial charge in [-0.2, -0.15) is 0 Å². The molecule has 0 saturated heterocycles. The number of likely N-dealkylation sites (N-methyl/N-ethyl adjacent to an activating group) is 1. The molecular formula is C17H19N5. The van der Waals surface area contributed by atoms with E-state index < -0.39 is 0 Å². The molecule has 0 aliphatic heterocycles. The molecule has 5 heteroatoms. The van der Waals surface area contributed by atoms with Gasteiger partial charge in [0.25, 0.3) is 0 Å². The van der Waals surface area contributed by atoms with Crippen LogP contribution >= 0.6 is 0 Å². The summed E-state index contributed by atoms with van der Waals surface area (Å²) in [6.07, 6.45) is 7.43. The summed E-state index contributed by atoms with van der Waals surface area (Å²) in [6, 6.07) is 12.1. The summed E-state index contributed by atoms with van der Waals surface area (Å²) < 4.78 is 2.13. The number of pyridine rings is 2. The Kier molecular flexibility index (Phi) is 4.25. The van der Waals surface area contributed by atoms with Gasteiger partial charge in [-0.25, -0.2) is 4.98 Å². The summed E-state index contributed by atoms with van der Waals surface area (Å²) in [6.45, 7) is 0.774. The standard InChI is InChI=1S/C17H19N5/c1-21(2)16(14-7-3-5-9-18-14)13-22-12-11-20-17(22)15-8-4-6-10-19-15/h3-12,16H,13H2,1-2H3/t16-/m0/s1. The van der Waals surface area contributed by atoms with Gasteiger partial charge < -0.3 is 4.57 Å². The lowest BCUT2D eigenvalue weighted by atomic mass is 10.1. The fourth-order valence-corrected chi connectivity index (χ4v) is 2.47. The van der Waals surface area contributed by atoms with Crippen LogP contribution in [0.4, 0.5) is 0 Å². The van der Waals surface area contributed by atoms with Crippen molar-refractivity contribution in [1.29, 1.82) is 0 Å². The summed E-state index contributed by atoms with van der Waals surface area (Å²) in [4.78, 5) is 15.5. The molecule has 0 unspecified atom stereocenters. The van der Waals surface area contributed by atoms with Crippen LogP contribution in [0.5, 0.6) is 0 Å². The monoisotopic (exact) mass is 293 g/mol. The van der Waals surface area contributed by atoms with Crippen LogP contribution < -0.4 is 0 Å². The molecule has 112 valence electrons. The first kappa shape index (κ1) is 14.4. The summed E-state index contributed by atoms with van der Waals surface area (Å²) in [5, 5.41) is 0. The van der Waals surface area contributed by atoms with Gasteiger partial charge in [0.1, 0.15) is 5.69 Å². The van der Waals surface area contributed by atoms with E-state index in [4.69, 9.17) is 0 Å². The molecule has 0 N–H and O–H groups in total. The SMILES string of the molecule is CN(C)[C@@H](Cn1ccnc1-c1ccccn1)c1ccccn1. The Morgan fingerprint density at radius 2 is 1.73 bits per heavy atom. The molecule has 0 amide bonds. The van der Waals surface area contributed by atoms with Crippen molar-refractivity contribution in [3.05, 3.63) is 66.9 Å². The Bertz CT molecular complexity index is 706. The summed E-state index contributed by atoms with van der Waals surface area (Å²) in [5.74, 6) is 0.878. The molecule has 0 bridgehead atoms. The average Bonchev–Trinajstić information content (AvgIpc) is 3.02. The van der Waals surface area contributed by atoms with Crippen LogP contribution in [0.25, 0.3) is 11.5 Å². The van der Waals surface area contributed by atoms with Crippen molar-refractivity contribution in [3.8, 4) is 11.5 Å². The van der Waals surface area contributed by atoms with Gasteiger partial charge in [0.2, 0.25) is 0 Å². The number of nitrogens with zero attached hydrogens (tertiary/aromatic N) is 5. The van der Waals surface area contributed by atoms with Crippen molar-refractivity contribution >= 4 is 0 Å².